The number of aromatic nitrogens is 2. The van der Waals surface area contributed by atoms with Gasteiger partial charge in [-0.1, -0.05) is 30.3 Å². The van der Waals surface area contributed by atoms with Gasteiger partial charge in [0.15, 0.2) is 0 Å². The van der Waals surface area contributed by atoms with Gasteiger partial charge in [-0.05, 0) is 24.7 Å². The summed E-state index contributed by atoms with van der Waals surface area (Å²) >= 11 is 1.67. The molecule has 0 radical (unpaired) electrons. The lowest BCUT2D eigenvalue weighted by Crippen LogP contribution is -2.10. The number of hydrogen-bond acceptors (Lipinski definition) is 6. The molecule has 5 nitrogen and oxygen atoms in total. The van der Waals surface area contributed by atoms with Crippen LogP contribution in [0.4, 0.5) is 5.69 Å². The monoisotopic (exact) mass is 390 g/mol. The van der Waals surface area contributed by atoms with E-state index < -0.39 is 0 Å². The quantitative estimate of drug-likeness (QED) is 0.479. The van der Waals surface area contributed by atoms with Crippen LogP contribution in [-0.4, -0.2) is 24.1 Å². The molecule has 3 heterocycles. The van der Waals surface area contributed by atoms with Crippen LogP contribution in [0.2, 0.25) is 0 Å². The van der Waals surface area contributed by atoms with E-state index in [2.05, 4.69) is 50.9 Å². The van der Waals surface area contributed by atoms with E-state index in [4.69, 9.17) is 4.74 Å². The third-order valence-corrected chi connectivity index (χ3v) is 5.64. The maximum atomic E-state index is 5.16. The molecule has 0 fully saturated rings. The van der Waals surface area contributed by atoms with Gasteiger partial charge in [0.1, 0.15) is 4.83 Å². The molecule has 0 aliphatic heterocycles. The van der Waals surface area contributed by atoms with E-state index >= 15 is 0 Å². The minimum Gasteiger partial charge on any atom is -0.481 e. The molecule has 4 rings (SSSR count). The summed E-state index contributed by atoms with van der Waals surface area (Å²) in [6.45, 7) is 1.53. The number of hydrogen-bond donors (Lipinski definition) is 2. The van der Waals surface area contributed by atoms with Crippen molar-refractivity contribution >= 4 is 27.2 Å². The first kappa shape index (κ1) is 18.4. The number of fused-ring (bicyclic) bond motifs is 1. The number of ether oxygens (including phenoxy) is 1. The lowest BCUT2D eigenvalue weighted by molar-refractivity contribution is 0.398. The SMILES string of the molecule is CNCc1cnc2sc(-c3ccc(OC)nc3)cc2c1NCc1ccccc1. The van der Waals surface area contributed by atoms with Crippen molar-refractivity contribution in [3.8, 4) is 16.3 Å². The summed E-state index contributed by atoms with van der Waals surface area (Å²) in [5.41, 5.74) is 4.60. The van der Waals surface area contributed by atoms with Crippen molar-refractivity contribution in [1.82, 2.24) is 15.3 Å². The second-order valence-corrected chi connectivity index (χ2v) is 7.48. The standard InChI is InChI=1S/C22H22N4OS/c1-23-12-17-14-26-22-18(21(17)25-11-15-6-4-3-5-7-15)10-19(28-22)16-8-9-20(27-2)24-13-16/h3-10,13-14,23H,11-12H2,1-2H3,(H,25,26). The molecule has 0 bridgehead atoms. The largest absolute Gasteiger partial charge is 0.481 e. The highest BCUT2D eigenvalue weighted by Crippen LogP contribution is 2.37. The minimum absolute atomic E-state index is 0.615. The molecule has 4 aromatic rings. The molecule has 142 valence electrons. The van der Waals surface area contributed by atoms with Crippen molar-refractivity contribution in [2.75, 3.05) is 19.5 Å². The molecule has 0 atom stereocenters. The summed E-state index contributed by atoms with van der Waals surface area (Å²) in [5.74, 6) is 0.615. The minimum atomic E-state index is 0.615. The van der Waals surface area contributed by atoms with E-state index in [-0.39, 0.29) is 0 Å². The lowest BCUT2D eigenvalue weighted by atomic mass is 10.1. The molecule has 0 amide bonds. The first-order valence-electron chi connectivity index (χ1n) is 9.12. The first-order chi connectivity index (χ1) is 13.8. The number of rotatable bonds is 7. The molecule has 2 N–H and O–H groups in total. The molecule has 0 aliphatic rings. The molecule has 0 unspecified atom stereocenters. The molecule has 1 aromatic carbocycles. The van der Waals surface area contributed by atoms with Crippen molar-refractivity contribution in [1.29, 1.82) is 0 Å². The molecule has 0 spiro atoms. The van der Waals surface area contributed by atoms with Gasteiger partial charge in [0.2, 0.25) is 5.88 Å². The van der Waals surface area contributed by atoms with Crippen molar-refractivity contribution in [3.63, 3.8) is 0 Å². The lowest BCUT2D eigenvalue weighted by Gasteiger charge is -2.13. The maximum Gasteiger partial charge on any atom is 0.212 e. The van der Waals surface area contributed by atoms with Crippen molar-refractivity contribution < 1.29 is 4.74 Å². The fraction of sp³-hybridized carbons (Fsp3) is 0.182. The average Bonchev–Trinajstić information content (AvgIpc) is 3.18. The first-order valence-corrected chi connectivity index (χ1v) is 9.94. The fourth-order valence-electron chi connectivity index (χ4n) is 3.14. The maximum absolute atomic E-state index is 5.16. The van der Waals surface area contributed by atoms with E-state index in [1.165, 1.54) is 5.56 Å². The predicted molar refractivity (Wildman–Crippen MR) is 116 cm³/mol. The summed E-state index contributed by atoms with van der Waals surface area (Å²) in [5, 5.41) is 8.01. The normalized spacial score (nSPS) is 10.9. The van der Waals surface area contributed by atoms with Crippen LogP contribution in [-0.2, 0) is 13.1 Å². The third kappa shape index (κ3) is 3.83. The van der Waals surface area contributed by atoms with Crippen LogP contribution in [0.15, 0.2) is 60.9 Å². The summed E-state index contributed by atoms with van der Waals surface area (Å²) in [6.07, 6.45) is 3.80. The number of anilines is 1. The molecule has 0 saturated carbocycles. The Labute approximate surface area is 168 Å². The zero-order chi connectivity index (χ0) is 19.3. The van der Waals surface area contributed by atoms with Crippen molar-refractivity contribution in [2.45, 2.75) is 13.1 Å². The Morgan fingerprint density at radius 2 is 1.86 bits per heavy atom. The van der Waals surface area contributed by atoms with E-state index in [0.29, 0.717) is 5.88 Å². The average molecular weight is 391 g/mol. The highest BCUT2D eigenvalue weighted by atomic mass is 32.1. The van der Waals surface area contributed by atoms with Crippen LogP contribution in [0.3, 0.4) is 0 Å². The van der Waals surface area contributed by atoms with Crippen molar-refractivity contribution in [3.05, 3.63) is 72.1 Å². The van der Waals surface area contributed by atoms with E-state index in [9.17, 15) is 0 Å². The molecular weight excluding hydrogens is 368 g/mol. The Morgan fingerprint density at radius 3 is 2.57 bits per heavy atom. The fourth-order valence-corrected chi connectivity index (χ4v) is 4.14. The van der Waals surface area contributed by atoms with Gasteiger partial charge in [-0.2, -0.15) is 0 Å². The number of nitrogens with one attached hydrogen (secondary N) is 2. The second-order valence-electron chi connectivity index (χ2n) is 6.45. The summed E-state index contributed by atoms with van der Waals surface area (Å²) in [4.78, 5) is 11.2. The van der Waals surface area contributed by atoms with E-state index in [1.807, 2.05) is 37.6 Å². The zero-order valence-electron chi connectivity index (χ0n) is 15.9. The molecule has 0 aliphatic carbocycles. The highest BCUT2D eigenvalue weighted by Gasteiger charge is 2.13. The van der Waals surface area contributed by atoms with Gasteiger partial charge < -0.3 is 15.4 Å². The zero-order valence-corrected chi connectivity index (χ0v) is 16.7. The summed E-state index contributed by atoms with van der Waals surface area (Å²) in [6, 6.07) is 16.5. The van der Waals surface area contributed by atoms with Crippen LogP contribution in [0, 0.1) is 0 Å². The molecule has 28 heavy (non-hydrogen) atoms. The Kier molecular flexibility index (Phi) is 5.50. The van der Waals surface area contributed by atoms with Crippen LogP contribution in [0.25, 0.3) is 20.7 Å². The highest BCUT2D eigenvalue weighted by molar-refractivity contribution is 7.21. The molecule has 3 aromatic heterocycles. The van der Waals surface area contributed by atoms with E-state index in [0.717, 1.165) is 45.0 Å². The topological polar surface area (TPSA) is 59.1 Å². The number of nitrogens with zero attached hydrogens (tertiary/aromatic N) is 2. The number of benzene rings is 1. The number of pyridine rings is 2. The molecule has 0 saturated heterocycles. The van der Waals surface area contributed by atoms with Gasteiger partial charge >= 0.3 is 0 Å². The second kappa shape index (κ2) is 8.37. The van der Waals surface area contributed by atoms with Gasteiger partial charge in [0, 0.05) is 52.9 Å². The van der Waals surface area contributed by atoms with Crippen LogP contribution in [0.5, 0.6) is 5.88 Å². The van der Waals surface area contributed by atoms with Gasteiger partial charge in [-0.3, -0.25) is 0 Å². The van der Waals surface area contributed by atoms with Crippen molar-refractivity contribution in [2.24, 2.45) is 0 Å². The predicted octanol–water partition coefficient (Wildman–Crippen LogP) is 4.70. The Hall–Kier alpha value is -2.96. The van der Waals surface area contributed by atoms with Crippen LogP contribution in [0.1, 0.15) is 11.1 Å². The van der Waals surface area contributed by atoms with Gasteiger partial charge in [0.05, 0.1) is 12.8 Å². The Bertz CT molecular complexity index is 1060. The number of methoxy groups -OCH3 is 1. The molecule has 6 heteroatoms. The van der Waals surface area contributed by atoms with Crippen LogP contribution >= 0.6 is 11.3 Å². The third-order valence-electron chi connectivity index (χ3n) is 4.55. The number of thiophene rings is 1. The summed E-state index contributed by atoms with van der Waals surface area (Å²) < 4.78 is 5.16. The smallest absolute Gasteiger partial charge is 0.212 e. The van der Waals surface area contributed by atoms with Gasteiger partial charge in [-0.15, -0.1) is 11.3 Å². The van der Waals surface area contributed by atoms with Gasteiger partial charge in [0.25, 0.3) is 0 Å². The Balaban J connectivity index is 1.72. The van der Waals surface area contributed by atoms with Gasteiger partial charge in [-0.25, -0.2) is 9.97 Å². The summed E-state index contributed by atoms with van der Waals surface area (Å²) in [7, 11) is 3.58. The Morgan fingerprint density at radius 1 is 1.00 bits per heavy atom. The van der Waals surface area contributed by atoms with E-state index in [1.54, 1.807) is 18.4 Å². The van der Waals surface area contributed by atoms with Crippen LogP contribution < -0.4 is 15.4 Å². The molecular formula is C22H22N4OS.